The zero-order valence-electron chi connectivity index (χ0n) is 10.7. The summed E-state index contributed by atoms with van der Waals surface area (Å²) >= 11 is 1.77. The molecule has 1 heterocycles. The minimum Gasteiger partial charge on any atom is -0.383 e. The standard InChI is InChI=1S/C13H23NOS/c1-10(2)13(8-15-4)14-7-11(3)12-5-6-16-9-12/h5-6,9-11,13-14H,7-8H2,1-4H3. The maximum Gasteiger partial charge on any atom is 0.0618 e. The Bertz CT molecular complexity index is 271. The third-order valence-corrected chi connectivity index (χ3v) is 3.65. The summed E-state index contributed by atoms with van der Waals surface area (Å²) in [7, 11) is 1.76. The molecule has 0 bridgehead atoms. The predicted molar refractivity (Wildman–Crippen MR) is 71.2 cm³/mol. The Hall–Kier alpha value is -0.380. The Morgan fingerprint density at radius 2 is 2.12 bits per heavy atom. The number of thiophene rings is 1. The lowest BCUT2D eigenvalue weighted by Gasteiger charge is -2.23. The van der Waals surface area contributed by atoms with Crippen molar-refractivity contribution in [3.8, 4) is 0 Å². The zero-order chi connectivity index (χ0) is 12.0. The first-order valence-corrected chi connectivity index (χ1v) is 6.83. The summed E-state index contributed by atoms with van der Waals surface area (Å²) < 4.78 is 5.23. The van der Waals surface area contributed by atoms with Crippen LogP contribution in [0.15, 0.2) is 16.8 Å². The molecule has 1 rings (SSSR count). The molecular weight excluding hydrogens is 218 g/mol. The molecule has 0 aromatic carbocycles. The average Bonchev–Trinajstić information content (AvgIpc) is 2.76. The molecule has 0 amide bonds. The zero-order valence-corrected chi connectivity index (χ0v) is 11.5. The van der Waals surface area contributed by atoms with E-state index in [9.17, 15) is 0 Å². The van der Waals surface area contributed by atoms with Gasteiger partial charge < -0.3 is 10.1 Å². The summed E-state index contributed by atoms with van der Waals surface area (Å²) in [5, 5.41) is 7.96. The third kappa shape index (κ3) is 4.24. The van der Waals surface area contributed by atoms with Gasteiger partial charge in [0.05, 0.1) is 6.61 Å². The van der Waals surface area contributed by atoms with Gasteiger partial charge in [-0.1, -0.05) is 20.8 Å². The second-order valence-electron chi connectivity index (χ2n) is 4.67. The quantitative estimate of drug-likeness (QED) is 0.792. The van der Waals surface area contributed by atoms with Crippen LogP contribution >= 0.6 is 11.3 Å². The van der Waals surface area contributed by atoms with Crippen molar-refractivity contribution in [2.75, 3.05) is 20.3 Å². The molecule has 0 saturated carbocycles. The number of hydrogen-bond donors (Lipinski definition) is 1. The van der Waals surface area contributed by atoms with E-state index < -0.39 is 0 Å². The number of methoxy groups -OCH3 is 1. The molecule has 0 aliphatic rings. The molecule has 3 heteroatoms. The van der Waals surface area contributed by atoms with E-state index in [0.29, 0.717) is 17.9 Å². The second kappa shape index (κ2) is 7.05. The molecule has 0 fully saturated rings. The minimum absolute atomic E-state index is 0.450. The van der Waals surface area contributed by atoms with Gasteiger partial charge >= 0.3 is 0 Å². The largest absolute Gasteiger partial charge is 0.383 e. The van der Waals surface area contributed by atoms with E-state index in [0.717, 1.165) is 13.2 Å². The SMILES string of the molecule is COCC(NCC(C)c1ccsc1)C(C)C. The van der Waals surface area contributed by atoms with Crippen LogP contribution in [0.2, 0.25) is 0 Å². The van der Waals surface area contributed by atoms with Crippen LogP contribution in [-0.2, 0) is 4.74 Å². The number of rotatable bonds is 7. The van der Waals surface area contributed by atoms with Gasteiger partial charge in [-0.05, 0) is 34.2 Å². The molecule has 0 radical (unpaired) electrons. The Balaban J connectivity index is 2.37. The highest BCUT2D eigenvalue weighted by Crippen LogP contribution is 2.17. The Kier molecular flexibility index (Phi) is 6.03. The van der Waals surface area contributed by atoms with Crippen molar-refractivity contribution in [3.63, 3.8) is 0 Å². The number of nitrogens with one attached hydrogen (secondary N) is 1. The molecular formula is C13H23NOS. The third-order valence-electron chi connectivity index (χ3n) is 2.95. The Labute approximate surface area is 103 Å². The lowest BCUT2D eigenvalue weighted by molar-refractivity contribution is 0.146. The van der Waals surface area contributed by atoms with Gasteiger partial charge in [0.2, 0.25) is 0 Å². The molecule has 1 N–H and O–H groups in total. The average molecular weight is 241 g/mol. The van der Waals surface area contributed by atoms with Crippen molar-refractivity contribution in [2.24, 2.45) is 5.92 Å². The fraction of sp³-hybridized carbons (Fsp3) is 0.692. The predicted octanol–water partition coefficient (Wildman–Crippen LogP) is 3.11. The summed E-state index contributed by atoms with van der Waals surface area (Å²) in [5.74, 6) is 1.18. The molecule has 0 aliphatic heterocycles. The van der Waals surface area contributed by atoms with E-state index in [-0.39, 0.29) is 0 Å². The van der Waals surface area contributed by atoms with E-state index in [1.165, 1.54) is 5.56 Å². The van der Waals surface area contributed by atoms with E-state index in [1.807, 2.05) is 0 Å². The molecule has 0 spiro atoms. The van der Waals surface area contributed by atoms with Gasteiger partial charge in [-0.15, -0.1) is 0 Å². The van der Waals surface area contributed by atoms with Crippen LogP contribution < -0.4 is 5.32 Å². The van der Waals surface area contributed by atoms with Gasteiger partial charge in [0.1, 0.15) is 0 Å². The summed E-state index contributed by atoms with van der Waals surface area (Å²) in [6.45, 7) is 8.52. The first-order chi connectivity index (χ1) is 7.65. The summed E-state index contributed by atoms with van der Waals surface area (Å²) in [6, 6.07) is 2.66. The van der Waals surface area contributed by atoms with Crippen molar-refractivity contribution in [3.05, 3.63) is 22.4 Å². The molecule has 2 atom stereocenters. The van der Waals surface area contributed by atoms with Crippen LogP contribution in [0.25, 0.3) is 0 Å². The van der Waals surface area contributed by atoms with E-state index >= 15 is 0 Å². The number of ether oxygens (including phenoxy) is 1. The smallest absolute Gasteiger partial charge is 0.0618 e. The van der Waals surface area contributed by atoms with Gasteiger partial charge in [-0.3, -0.25) is 0 Å². The van der Waals surface area contributed by atoms with Crippen LogP contribution in [0.3, 0.4) is 0 Å². The summed E-state index contributed by atoms with van der Waals surface area (Å²) in [6.07, 6.45) is 0. The first-order valence-electron chi connectivity index (χ1n) is 5.89. The fourth-order valence-corrected chi connectivity index (χ4v) is 2.45. The molecule has 16 heavy (non-hydrogen) atoms. The highest BCUT2D eigenvalue weighted by molar-refractivity contribution is 7.07. The summed E-state index contributed by atoms with van der Waals surface area (Å²) in [5.41, 5.74) is 1.43. The van der Waals surface area contributed by atoms with Crippen molar-refractivity contribution < 1.29 is 4.74 Å². The van der Waals surface area contributed by atoms with Crippen LogP contribution in [0.1, 0.15) is 32.3 Å². The van der Waals surface area contributed by atoms with Gasteiger partial charge in [-0.25, -0.2) is 0 Å². The van der Waals surface area contributed by atoms with Crippen molar-refractivity contribution in [1.82, 2.24) is 5.32 Å². The second-order valence-corrected chi connectivity index (χ2v) is 5.45. The van der Waals surface area contributed by atoms with Gasteiger partial charge in [0.15, 0.2) is 0 Å². The van der Waals surface area contributed by atoms with E-state index in [1.54, 1.807) is 18.4 Å². The lowest BCUT2D eigenvalue weighted by Crippen LogP contribution is -2.39. The Morgan fingerprint density at radius 3 is 2.62 bits per heavy atom. The number of hydrogen-bond acceptors (Lipinski definition) is 3. The highest BCUT2D eigenvalue weighted by atomic mass is 32.1. The maximum atomic E-state index is 5.23. The molecule has 2 unspecified atom stereocenters. The Morgan fingerprint density at radius 1 is 1.38 bits per heavy atom. The minimum atomic E-state index is 0.450. The van der Waals surface area contributed by atoms with Crippen molar-refractivity contribution >= 4 is 11.3 Å². The van der Waals surface area contributed by atoms with Gasteiger partial charge in [0.25, 0.3) is 0 Å². The molecule has 2 nitrogen and oxygen atoms in total. The first kappa shape index (κ1) is 13.7. The van der Waals surface area contributed by atoms with Gasteiger partial charge in [-0.2, -0.15) is 11.3 Å². The van der Waals surface area contributed by atoms with Crippen molar-refractivity contribution in [2.45, 2.75) is 32.7 Å². The normalized spacial score (nSPS) is 15.3. The van der Waals surface area contributed by atoms with Crippen LogP contribution in [0, 0.1) is 5.92 Å². The lowest BCUT2D eigenvalue weighted by atomic mass is 10.0. The van der Waals surface area contributed by atoms with Crippen molar-refractivity contribution in [1.29, 1.82) is 0 Å². The molecule has 0 aliphatic carbocycles. The van der Waals surface area contributed by atoms with Crippen LogP contribution in [-0.4, -0.2) is 26.3 Å². The monoisotopic (exact) mass is 241 g/mol. The maximum absolute atomic E-state index is 5.23. The molecule has 92 valence electrons. The van der Waals surface area contributed by atoms with E-state index in [4.69, 9.17) is 4.74 Å². The fourth-order valence-electron chi connectivity index (χ4n) is 1.67. The van der Waals surface area contributed by atoms with Crippen LogP contribution in [0.4, 0.5) is 0 Å². The molecule has 0 saturated heterocycles. The molecule has 1 aromatic heterocycles. The summed E-state index contributed by atoms with van der Waals surface area (Å²) in [4.78, 5) is 0. The van der Waals surface area contributed by atoms with E-state index in [2.05, 4.69) is 42.9 Å². The van der Waals surface area contributed by atoms with Crippen LogP contribution in [0.5, 0.6) is 0 Å². The highest BCUT2D eigenvalue weighted by Gasteiger charge is 2.14. The van der Waals surface area contributed by atoms with Gasteiger partial charge in [0, 0.05) is 19.7 Å². The molecule has 1 aromatic rings. The topological polar surface area (TPSA) is 21.3 Å².